The summed E-state index contributed by atoms with van der Waals surface area (Å²) >= 11 is 0. The van der Waals surface area contributed by atoms with Crippen LogP contribution in [-0.2, 0) is 4.79 Å². The smallest absolute Gasteiger partial charge is 0.320 e. The number of aliphatic carboxylic acids is 1. The first-order valence-corrected chi connectivity index (χ1v) is 5.45. The fraction of sp³-hybridized carbons (Fsp3) is 0.800. The van der Waals surface area contributed by atoms with E-state index in [1.807, 2.05) is 13.8 Å². The van der Waals surface area contributed by atoms with Crippen molar-refractivity contribution in [2.75, 3.05) is 13.1 Å². The van der Waals surface area contributed by atoms with Crippen molar-refractivity contribution in [2.45, 2.75) is 32.7 Å². The van der Waals surface area contributed by atoms with Crippen LogP contribution in [0.5, 0.6) is 0 Å². The summed E-state index contributed by atoms with van der Waals surface area (Å²) < 4.78 is 0. The number of hydrogen-bond donors (Lipinski definition) is 4. The molecule has 0 saturated heterocycles. The Hall–Kier alpha value is -1.30. The number of rotatable bonds is 8. The molecule has 0 aromatic heterocycles. The second-order valence-corrected chi connectivity index (χ2v) is 4.14. The standard InChI is InChI=1S/C10H22N4O2/c1-7(2)6-14-8(9(15)16)4-3-5-13-10(11)12/h7-8,14H,3-6H2,1-2H3,(H,15,16)(H4,11,12,13)/t8-/m0/s1. The zero-order chi connectivity index (χ0) is 12.6. The molecule has 0 unspecified atom stereocenters. The highest BCUT2D eigenvalue weighted by molar-refractivity contribution is 5.75. The molecule has 0 aromatic rings. The number of nitrogens with two attached hydrogens (primary N) is 2. The minimum atomic E-state index is -0.828. The molecular weight excluding hydrogens is 208 g/mol. The van der Waals surface area contributed by atoms with Crippen LogP contribution in [0.2, 0.25) is 0 Å². The van der Waals surface area contributed by atoms with Crippen LogP contribution < -0.4 is 16.8 Å². The van der Waals surface area contributed by atoms with Gasteiger partial charge in [0.05, 0.1) is 0 Å². The fourth-order valence-corrected chi connectivity index (χ4v) is 1.19. The molecule has 0 aliphatic carbocycles. The molecule has 0 rings (SSSR count). The average Bonchev–Trinajstić information content (AvgIpc) is 2.15. The lowest BCUT2D eigenvalue weighted by atomic mass is 10.1. The van der Waals surface area contributed by atoms with E-state index in [1.165, 1.54) is 0 Å². The van der Waals surface area contributed by atoms with Crippen LogP contribution in [0.3, 0.4) is 0 Å². The molecule has 0 aromatic carbocycles. The van der Waals surface area contributed by atoms with Crippen molar-refractivity contribution in [2.24, 2.45) is 22.4 Å². The lowest BCUT2D eigenvalue weighted by Gasteiger charge is -2.15. The van der Waals surface area contributed by atoms with Crippen LogP contribution in [0.1, 0.15) is 26.7 Å². The van der Waals surface area contributed by atoms with Gasteiger partial charge in [-0.25, -0.2) is 0 Å². The lowest BCUT2D eigenvalue weighted by Crippen LogP contribution is -2.38. The predicted molar refractivity (Wildman–Crippen MR) is 64.2 cm³/mol. The molecule has 94 valence electrons. The first-order chi connectivity index (χ1) is 7.43. The van der Waals surface area contributed by atoms with Gasteiger partial charge in [-0.3, -0.25) is 9.79 Å². The summed E-state index contributed by atoms with van der Waals surface area (Å²) in [6.45, 7) is 5.23. The van der Waals surface area contributed by atoms with Gasteiger partial charge in [0.25, 0.3) is 0 Å². The number of carbonyl (C=O) groups is 1. The van der Waals surface area contributed by atoms with Crippen molar-refractivity contribution < 1.29 is 9.90 Å². The van der Waals surface area contributed by atoms with E-state index in [-0.39, 0.29) is 5.96 Å². The number of nitrogens with one attached hydrogen (secondary N) is 1. The van der Waals surface area contributed by atoms with Gasteiger partial charge in [-0.2, -0.15) is 0 Å². The van der Waals surface area contributed by atoms with Crippen LogP contribution in [0.4, 0.5) is 0 Å². The van der Waals surface area contributed by atoms with E-state index in [0.717, 1.165) is 0 Å². The number of hydrogen-bond acceptors (Lipinski definition) is 3. The van der Waals surface area contributed by atoms with Gasteiger partial charge < -0.3 is 21.9 Å². The Kier molecular flexibility index (Phi) is 7.28. The van der Waals surface area contributed by atoms with Crippen LogP contribution >= 0.6 is 0 Å². The summed E-state index contributed by atoms with van der Waals surface area (Å²) in [5.74, 6) is -0.355. The van der Waals surface area contributed by atoms with E-state index >= 15 is 0 Å². The minimum absolute atomic E-state index is 0.0435. The fourth-order valence-electron chi connectivity index (χ4n) is 1.19. The Labute approximate surface area is 96.1 Å². The van der Waals surface area contributed by atoms with E-state index in [0.29, 0.717) is 31.8 Å². The molecule has 0 heterocycles. The SMILES string of the molecule is CC(C)CN[C@@H](CCCN=C(N)N)C(=O)O. The molecule has 6 N–H and O–H groups in total. The number of carboxylic acid groups (broad SMARTS) is 1. The molecule has 6 heteroatoms. The summed E-state index contributed by atoms with van der Waals surface area (Å²) in [6, 6.07) is -0.517. The van der Waals surface area contributed by atoms with Gasteiger partial charge >= 0.3 is 5.97 Å². The number of carboxylic acids is 1. The molecule has 1 atom stereocenters. The molecule has 0 amide bonds. The molecule has 0 aliphatic heterocycles. The van der Waals surface area contributed by atoms with Gasteiger partial charge in [0.1, 0.15) is 6.04 Å². The molecule has 0 bridgehead atoms. The quantitative estimate of drug-likeness (QED) is 0.260. The van der Waals surface area contributed by atoms with Gasteiger partial charge in [0.2, 0.25) is 0 Å². The number of nitrogens with zero attached hydrogens (tertiary/aromatic N) is 1. The van der Waals surface area contributed by atoms with E-state index < -0.39 is 12.0 Å². The second kappa shape index (κ2) is 7.92. The second-order valence-electron chi connectivity index (χ2n) is 4.14. The maximum Gasteiger partial charge on any atom is 0.320 e. The summed E-state index contributed by atoms with van der Waals surface area (Å²) in [5, 5.41) is 11.9. The number of aliphatic imine (C=N–C) groups is 1. The van der Waals surface area contributed by atoms with Crippen molar-refractivity contribution in [3.63, 3.8) is 0 Å². The largest absolute Gasteiger partial charge is 0.480 e. The van der Waals surface area contributed by atoms with Gasteiger partial charge in [0, 0.05) is 6.54 Å². The van der Waals surface area contributed by atoms with Crippen molar-refractivity contribution in [1.29, 1.82) is 0 Å². The van der Waals surface area contributed by atoms with Crippen molar-refractivity contribution >= 4 is 11.9 Å². The summed E-state index contributed by atoms with van der Waals surface area (Å²) in [7, 11) is 0. The first kappa shape index (κ1) is 14.7. The maximum atomic E-state index is 10.9. The Balaban J connectivity index is 3.86. The summed E-state index contributed by atoms with van der Waals surface area (Å²) in [6.07, 6.45) is 1.18. The topological polar surface area (TPSA) is 114 Å². The van der Waals surface area contributed by atoms with Crippen LogP contribution in [0, 0.1) is 5.92 Å². The van der Waals surface area contributed by atoms with Crippen LogP contribution in [0.15, 0.2) is 4.99 Å². The Morgan fingerprint density at radius 3 is 2.50 bits per heavy atom. The van der Waals surface area contributed by atoms with Gasteiger partial charge in [-0.15, -0.1) is 0 Å². The molecule has 0 aliphatic rings. The molecule has 16 heavy (non-hydrogen) atoms. The predicted octanol–water partition coefficient (Wildman–Crippen LogP) is -0.261. The highest BCUT2D eigenvalue weighted by atomic mass is 16.4. The van der Waals surface area contributed by atoms with Crippen molar-refractivity contribution in [1.82, 2.24) is 5.32 Å². The monoisotopic (exact) mass is 230 g/mol. The van der Waals surface area contributed by atoms with Crippen LogP contribution in [-0.4, -0.2) is 36.2 Å². The molecule has 0 radical (unpaired) electrons. The maximum absolute atomic E-state index is 10.9. The zero-order valence-corrected chi connectivity index (χ0v) is 9.94. The molecular formula is C10H22N4O2. The van der Waals surface area contributed by atoms with Crippen molar-refractivity contribution in [3.05, 3.63) is 0 Å². The molecule has 0 spiro atoms. The van der Waals surface area contributed by atoms with E-state index in [2.05, 4.69) is 10.3 Å². The molecule has 0 saturated carbocycles. The summed E-state index contributed by atoms with van der Waals surface area (Å²) in [4.78, 5) is 14.7. The summed E-state index contributed by atoms with van der Waals surface area (Å²) in [5.41, 5.74) is 10.3. The Morgan fingerprint density at radius 2 is 2.06 bits per heavy atom. The highest BCUT2D eigenvalue weighted by Gasteiger charge is 2.15. The van der Waals surface area contributed by atoms with E-state index in [1.54, 1.807) is 0 Å². The first-order valence-electron chi connectivity index (χ1n) is 5.45. The highest BCUT2D eigenvalue weighted by Crippen LogP contribution is 2.00. The van der Waals surface area contributed by atoms with Gasteiger partial charge in [-0.05, 0) is 25.3 Å². The molecule has 6 nitrogen and oxygen atoms in total. The minimum Gasteiger partial charge on any atom is -0.480 e. The van der Waals surface area contributed by atoms with Gasteiger partial charge in [-0.1, -0.05) is 13.8 Å². The van der Waals surface area contributed by atoms with E-state index in [9.17, 15) is 4.79 Å². The lowest BCUT2D eigenvalue weighted by molar-refractivity contribution is -0.139. The van der Waals surface area contributed by atoms with Crippen molar-refractivity contribution in [3.8, 4) is 0 Å². The number of guanidine groups is 1. The zero-order valence-electron chi connectivity index (χ0n) is 9.94. The van der Waals surface area contributed by atoms with Gasteiger partial charge in [0.15, 0.2) is 5.96 Å². The normalized spacial score (nSPS) is 12.4. The Morgan fingerprint density at radius 1 is 1.44 bits per heavy atom. The third kappa shape index (κ3) is 8.05. The Bertz CT molecular complexity index is 237. The average molecular weight is 230 g/mol. The van der Waals surface area contributed by atoms with Crippen LogP contribution in [0.25, 0.3) is 0 Å². The third-order valence-corrected chi connectivity index (χ3v) is 2.02. The molecule has 0 fully saturated rings. The van der Waals surface area contributed by atoms with E-state index in [4.69, 9.17) is 16.6 Å². The third-order valence-electron chi connectivity index (χ3n) is 2.02.